The number of anilines is 1. The molecule has 1 N–H and O–H groups in total. The van der Waals surface area contributed by atoms with Gasteiger partial charge in [0.15, 0.2) is 18.1 Å². The van der Waals surface area contributed by atoms with E-state index < -0.39 is 29.4 Å². The Bertz CT molecular complexity index is 1410. The molecule has 12 heteroatoms. The first-order valence-corrected chi connectivity index (χ1v) is 11.8. The van der Waals surface area contributed by atoms with Crippen LogP contribution < -0.4 is 14.8 Å². The highest BCUT2D eigenvalue weighted by atomic mass is 32.1. The Labute approximate surface area is 215 Å². The third kappa shape index (κ3) is 5.38. The predicted octanol–water partition coefficient (Wildman–Crippen LogP) is 4.17. The number of aryl methyl sites for hydroxylation is 1. The lowest BCUT2D eigenvalue weighted by molar-refractivity contribution is -0.385. The number of nitro groups is 1. The molecule has 1 aromatic heterocycles. The first-order valence-electron chi connectivity index (χ1n) is 11.0. The van der Waals surface area contributed by atoms with Gasteiger partial charge in [-0.05, 0) is 49.6 Å². The number of methoxy groups -OCH3 is 1. The maximum absolute atomic E-state index is 12.7. The second kappa shape index (κ2) is 10.7. The minimum atomic E-state index is -0.879. The standard InChI is InChI=1S/C25H22N2O9S/c1-13-16(5-4-6-18(13)27(31)32)24(29)34-11-21(28)26-23-22(25(30)33-3)17(14(2)37-23)9-15-7-8-19-20(10-15)36-12-35-19/h4-8,10H,9,11-12H2,1-3H3,(H,26,28). The number of thiophene rings is 1. The number of carbonyl (C=O) groups excluding carboxylic acids is 3. The SMILES string of the molecule is COC(=O)c1c(NC(=O)COC(=O)c2cccc([N+](=O)[O-])c2C)sc(C)c1Cc1ccc2c(c1)OCO2. The van der Waals surface area contributed by atoms with Crippen molar-refractivity contribution in [3.63, 3.8) is 0 Å². The van der Waals surface area contributed by atoms with Crippen LogP contribution in [-0.2, 0) is 20.7 Å². The number of nitrogens with one attached hydrogen (secondary N) is 1. The molecule has 0 atom stereocenters. The van der Waals surface area contributed by atoms with Gasteiger partial charge in [-0.1, -0.05) is 12.1 Å². The molecule has 0 saturated carbocycles. The third-order valence-corrected chi connectivity index (χ3v) is 6.79. The van der Waals surface area contributed by atoms with E-state index in [0.717, 1.165) is 10.4 Å². The Hall–Kier alpha value is -4.45. The van der Waals surface area contributed by atoms with Gasteiger partial charge in [-0.15, -0.1) is 11.3 Å². The molecular formula is C25H22N2O9S. The molecule has 4 rings (SSSR count). The van der Waals surface area contributed by atoms with E-state index in [9.17, 15) is 24.5 Å². The summed E-state index contributed by atoms with van der Waals surface area (Å²) >= 11 is 1.19. The van der Waals surface area contributed by atoms with Crippen molar-refractivity contribution >= 4 is 39.9 Å². The van der Waals surface area contributed by atoms with Crippen molar-refractivity contribution in [2.45, 2.75) is 20.3 Å². The lowest BCUT2D eigenvalue weighted by atomic mass is 10.0. The number of fused-ring (bicyclic) bond motifs is 1. The Morgan fingerprint density at radius 2 is 1.86 bits per heavy atom. The quantitative estimate of drug-likeness (QED) is 0.260. The average molecular weight is 527 g/mol. The lowest BCUT2D eigenvalue weighted by Gasteiger charge is -2.10. The van der Waals surface area contributed by atoms with Crippen LogP contribution >= 0.6 is 11.3 Å². The fourth-order valence-corrected chi connectivity index (χ4v) is 4.94. The van der Waals surface area contributed by atoms with Gasteiger partial charge in [0.2, 0.25) is 6.79 Å². The minimum Gasteiger partial charge on any atom is -0.465 e. The number of nitro benzene ring substituents is 1. The van der Waals surface area contributed by atoms with E-state index in [1.807, 2.05) is 19.1 Å². The smallest absolute Gasteiger partial charge is 0.341 e. The fourth-order valence-electron chi connectivity index (χ4n) is 3.87. The number of benzene rings is 2. The number of ether oxygens (including phenoxy) is 4. The summed E-state index contributed by atoms with van der Waals surface area (Å²) in [6.07, 6.45) is 0.375. The Kier molecular flexibility index (Phi) is 7.39. The van der Waals surface area contributed by atoms with Crippen LogP contribution in [0.4, 0.5) is 10.7 Å². The maximum atomic E-state index is 12.7. The zero-order valence-corrected chi connectivity index (χ0v) is 20.9. The van der Waals surface area contributed by atoms with E-state index in [4.69, 9.17) is 18.9 Å². The number of hydrogen-bond donors (Lipinski definition) is 1. The van der Waals surface area contributed by atoms with Crippen molar-refractivity contribution in [2.75, 3.05) is 25.8 Å². The van der Waals surface area contributed by atoms with Gasteiger partial charge >= 0.3 is 11.9 Å². The summed E-state index contributed by atoms with van der Waals surface area (Å²) in [6.45, 7) is 2.73. The second-order valence-electron chi connectivity index (χ2n) is 8.03. The molecule has 0 saturated heterocycles. The van der Waals surface area contributed by atoms with Crippen LogP contribution in [0, 0.1) is 24.0 Å². The van der Waals surface area contributed by atoms with E-state index >= 15 is 0 Å². The van der Waals surface area contributed by atoms with Gasteiger partial charge in [-0.25, -0.2) is 9.59 Å². The number of amides is 1. The molecule has 0 spiro atoms. The van der Waals surface area contributed by atoms with Crippen LogP contribution in [0.2, 0.25) is 0 Å². The number of rotatable bonds is 8. The highest BCUT2D eigenvalue weighted by Gasteiger charge is 2.26. The molecule has 11 nitrogen and oxygen atoms in total. The zero-order valence-electron chi connectivity index (χ0n) is 20.1. The molecule has 0 bridgehead atoms. The summed E-state index contributed by atoms with van der Waals surface area (Å²) < 4.78 is 20.8. The maximum Gasteiger partial charge on any atom is 0.341 e. The molecule has 0 fully saturated rings. The summed E-state index contributed by atoms with van der Waals surface area (Å²) in [4.78, 5) is 49.0. The van der Waals surface area contributed by atoms with Crippen LogP contribution in [0.1, 0.15) is 42.3 Å². The topological polar surface area (TPSA) is 143 Å². The van der Waals surface area contributed by atoms with Gasteiger partial charge in [0.25, 0.3) is 11.6 Å². The van der Waals surface area contributed by atoms with E-state index in [0.29, 0.717) is 23.5 Å². The molecule has 37 heavy (non-hydrogen) atoms. The van der Waals surface area contributed by atoms with E-state index in [1.165, 1.54) is 43.6 Å². The Balaban J connectivity index is 1.49. The molecule has 3 aromatic rings. The van der Waals surface area contributed by atoms with E-state index in [1.54, 1.807) is 6.07 Å². The monoisotopic (exact) mass is 526 g/mol. The Morgan fingerprint density at radius 1 is 1.11 bits per heavy atom. The highest BCUT2D eigenvalue weighted by molar-refractivity contribution is 7.16. The molecule has 2 heterocycles. The van der Waals surface area contributed by atoms with Crippen LogP contribution in [0.3, 0.4) is 0 Å². The van der Waals surface area contributed by atoms with Crippen LogP contribution in [0.5, 0.6) is 11.5 Å². The van der Waals surface area contributed by atoms with Crippen molar-refractivity contribution in [2.24, 2.45) is 0 Å². The van der Waals surface area contributed by atoms with Gasteiger partial charge in [0, 0.05) is 16.5 Å². The van der Waals surface area contributed by atoms with Crippen LogP contribution in [-0.4, -0.2) is 43.3 Å². The lowest BCUT2D eigenvalue weighted by Crippen LogP contribution is -2.22. The second-order valence-corrected chi connectivity index (χ2v) is 9.25. The van der Waals surface area contributed by atoms with Gasteiger partial charge in [-0.2, -0.15) is 0 Å². The molecule has 1 aliphatic rings. The summed E-state index contributed by atoms with van der Waals surface area (Å²) in [7, 11) is 1.24. The first kappa shape index (κ1) is 25.6. The zero-order chi connectivity index (χ0) is 26.7. The number of nitrogens with zero attached hydrogens (tertiary/aromatic N) is 1. The predicted molar refractivity (Wildman–Crippen MR) is 133 cm³/mol. The van der Waals surface area contributed by atoms with Gasteiger partial charge in [0.1, 0.15) is 5.00 Å². The minimum absolute atomic E-state index is 0.0183. The number of esters is 2. The van der Waals surface area contributed by atoms with Crippen molar-refractivity contribution < 1.29 is 38.3 Å². The van der Waals surface area contributed by atoms with E-state index in [-0.39, 0.29) is 34.2 Å². The Morgan fingerprint density at radius 3 is 2.59 bits per heavy atom. The molecular weight excluding hydrogens is 504 g/mol. The fraction of sp³-hybridized carbons (Fsp3) is 0.240. The molecule has 0 unspecified atom stereocenters. The van der Waals surface area contributed by atoms with Crippen molar-refractivity contribution in [3.05, 3.63) is 79.2 Å². The molecule has 1 amide bonds. The summed E-state index contributed by atoms with van der Waals surface area (Å²) in [6, 6.07) is 9.49. The van der Waals surface area contributed by atoms with Crippen LogP contribution in [0.25, 0.3) is 0 Å². The molecule has 1 aliphatic heterocycles. The van der Waals surface area contributed by atoms with Gasteiger partial charge in [-0.3, -0.25) is 14.9 Å². The van der Waals surface area contributed by atoms with Crippen molar-refractivity contribution in [1.82, 2.24) is 0 Å². The first-order chi connectivity index (χ1) is 17.7. The van der Waals surface area contributed by atoms with Gasteiger partial charge < -0.3 is 24.3 Å². The molecule has 0 aliphatic carbocycles. The number of carbonyl (C=O) groups is 3. The third-order valence-electron chi connectivity index (χ3n) is 5.73. The molecule has 0 radical (unpaired) electrons. The van der Waals surface area contributed by atoms with Crippen molar-refractivity contribution in [3.8, 4) is 11.5 Å². The van der Waals surface area contributed by atoms with Crippen LogP contribution in [0.15, 0.2) is 36.4 Å². The van der Waals surface area contributed by atoms with Gasteiger partial charge in [0.05, 0.1) is 23.2 Å². The van der Waals surface area contributed by atoms with Crippen molar-refractivity contribution in [1.29, 1.82) is 0 Å². The molecule has 192 valence electrons. The summed E-state index contributed by atoms with van der Waals surface area (Å²) in [5.74, 6) is -0.936. The number of hydrogen-bond acceptors (Lipinski definition) is 10. The summed E-state index contributed by atoms with van der Waals surface area (Å²) in [5, 5.41) is 14.0. The van der Waals surface area contributed by atoms with E-state index in [2.05, 4.69) is 5.32 Å². The normalized spacial score (nSPS) is 11.6. The highest BCUT2D eigenvalue weighted by Crippen LogP contribution is 2.37. The average Bonchev–Trinajstić information content (AvgIpc) is 3.45. The summed E-state index contributed by atoms with van der Waals surface area (Å²) in [5.41, 5.74) is 1.63. The molecule has 2 aromatic carbocycles. The largest absolute Gasteiger partial charge is 0.465 e.